The van der Waals surface area contributed by atoms with Crippen LogP contribution in [0.3, 0.4) is 0 Å². The number of fused-ring (bicyclic) bond motifs is 1. The SMILES string of the molecule is O=C(O)[C@H](O)Cn1ccc2ccccc21. The summed E-state index contributed by atoms with van der Waals surface area (Å²) in [6.07, 6.45) is 0.414. The van der Waals surface area contributed by atoms with Crippen LogP contribution in [0.15, 0.2) is 36.5 Å². The van der Waals surface area contributed by atoms with Gasteiger partial charge in [-0.2, -0.15) is 0 Å². The fourth-order valence-corrected chi connectivity index (χ4v) is 1.56. The minimum absolute atomic E-state index is 0.0723. The summed E-state index contributed by atoms with van der Waals surface area (Å²) in [5, 5.41) is 18.9. The number of para-hydroxylation sites is 1. The number of hydrogen-bond acceptors (Lipinski definition) is 2. The van der Waals surface area contributed by atoms with Crippen molar-refractivity contribution in [2.75, 3.05) is 0 Å². The molecule has 4 heteroatoms. The zero-order valence-corrected chi connectivity index (χ0v) is 8.00. The highest BCUT2D eigenvalue weighted by atomic mass is 16.4. The molecular weight excluding hydrogens is 194 g/mol. The minimum atomic E-state index is -1.36. The van der Waals surface area contributed by atoms with Crippen LogP contribution in [-0.4, -0.2) is 26.9 Å². The van der Waals surface area contributed by atoms with Gasteiger partial charge in [0.1, 0.15) is 0 Å². The van der Waals surface area contributed by atoms with Crippen LogP contribution >= 0.6 is 0 Å². The van der Waals surface area contributed by atoms with Crippen molar-refractivity contribution in [1.82, 2.24) is 4.57 Å². The topological polar surface area (TPSA) is 62.5 Å². The molecule has 0 unspecified atom stereocenters. The number of carboxylic acids is 1. The number of aliphatic hydroxyl groups excluding tert-OH is 1. The number of hydrogen-bond donors (Lipinski definition) is 2. The Kier molecular flexibility index (Phi) is 2.43. The Hall–Kier alpha value is -1.81. The van der Waals surface area contributed by atoms with Crippen LogP contribution in [0.4, 0.5) is 0 Å². The van der Waals surface area contributed by atoms with Gasteiger partial charge < -0.3 is 14.8 Å². The van der Waals surface area contributed by atoms with Crippen LogP contribution in [0, 0.1) is 0 Å². The van der Waals surface area contributed by atoms with Crippen molar-refractivity contribution in [3.05, 3.63) is 36.5 Å². The van der Waals surface area contributed by atoms with Gasteiger partial charge in [-0.05, 0) is 17.5 Å². The lowest BCUT2D eigenvalue weighted by Gasteiger charge is -2.08. The Labute approximate surface area is 86.4 Å². The maximum absolute atomic E-state index is 10.5. The van der Waals surface area contributed by atoms with Crippen molar-refractivity contribution in [1.29, 1.82) is 0 Å². The summed E-state index contributed by atoms with van der Waals surface area (Å²) in [7, 11) is 0. The fourth-order valence-electron chi connectivity index (χ4n) is 1.56. The first-order valence-electron chi connectivity index (χ1n) is 4.63. The molecule has 2 rings (SSSR count). The van der Waals surface area contributed by atoms with E-state index in [9.17, 15) is 9.90 Å². The highest BCUT2D eigenvalue weighted by molar-refractivity contribution is 5.80. The monoisotopic (exact) mass is 205 g/mol. The van der Waals surface area contributed by atoms with E-state index >= 15 is 0 Å². The Morgan fingerprint density at radius 2 is 2.07 bits per heavy atom. The second kappa shape index (κ2) is 3.74. The van der Waals surface area contributed by atoms with Crippen LogP contribution in [0.2, 0.25) is 0 Å². The number of carbonyl (C=O) groups is 1. The molecule has 0 amide bonds. The molecule has 1 atom stereocenters. The highest BCUT2D eigenvalue weighted by Crippen LogP contribution is 2.15. The van der Waals surface area contributed by atoms with Crippen molar-refractivity contribution in [2.24, 2.45) is 0 Å². The third-order valence-corrected chi connectivity index (χ3v) is 2.33. The molecule has 1 aromatic carbocycles. The Morgan fingerprint density at radius 3 is 2.80 bits per heavy atom. The van der Waals surface area contributed by atoms with Gasteiger partial charge in [-0.25, -0.2) is 4.79 Å². The van der Waals surface area contributed by atoms with Crippen molar-refractivity contribution < 1.29 is 15.0 Å². The molecule has 4 nitrogen and oxygen atoms in total. The van der Waals surface area contributed by atoms with E-state index in [1.165, 1.54) is 0 Å². The van der Waals surface area contributed by atoms with Gasteiger partial charge in [-0.3, -0.25) is 0 Å². The molecule has 0 fully saturated rings. The van der Waals surface area contributed by atoms with E-state index in [0.717, 1.165) is 10.9 Å². The summed E-state index contributed by atoms with van der Waals surface area (Å²) >= 11 is 0. The summed E-state index contributed by atoms with van der Waals surface area (Å²) in [5.74, 6) is -1.20. The molecule has 0 radical (unpaired) electrons. The van der Waals surface area contributed by atoms with Crippen LogP contribution in [0.25, 0.3) is 10.9 Å². The molecule has 0 aliphatic heterocycles. The Bertz CT molecular complexity index is 489. The maximum atomic E-state index is 10.5. The quantitative estimate of drug-likeness (QED) is 0.788. The van der Waals surface area contributed by atoms with E-state index < -0.39 is 12.1 Å². The minimum Gasteiger partial charge on any atom is -0.479 e. The fraction of sp³-hybridized carbons (Fsp3) is 0.182. The molecule has 1 aromatic heterocycles. The van der Waals surface area contributed by atoms with E-state index in [4.69, 9.17) is 5.11 Å². The van der Waals surface area contributed by atoms with E-state index in [0.29, 0.717) is 0 Å². The van der Waals surface area contributed by atoms with Crippen molar-refractivity contribution in [3.8, 4) is 0 Å². The lowest BCUT2D eigenvalue weighted by molar-refractivity contribution is -0.147. The normalized spacial score (nSPS) is 12.9. The van der Waals surface area contributed by atoms with Gasteiger partial charge in [0.15, 0.2) is 6.10 Å². The molecule has 0 bridgehead atoms. The molecule has 0 saturated heterocycles. The number of aromatic nitrogens is 1. The number of aliphatic carboxylic acids is 1. The van der Waals surface area contributed by atoms with Gasteiger partial charge in [-0.15, -0.1) is 0 Å². The summed E-state index contributed by atoms with van der Waals surface area (Å²) in [6, 6.07) is 9.53. The second-order valence-corrected chi connectivity index (χ2v) is 3.38. The Balaban J connectivity index is 2.32. The first kappa shape index (κ1) is 9.73. The third-order valence-electron chi connectivity index (χ3n) is 2.33. The largest absolute Gasteiger partial charge is 0.479 e. The van der Waals surface area contributed by atoms with Crippen molar-refractivity contribution in [2.45, 2.75) is 12.6 Å². The predicted octanol–water partition coefficient (Wildman–Crippen LogP) is 1.09. The van der Waals surface area contributed by atoms with Gasteiger partial charge in [0, 0.05) is 11.7 Å². The number of rotatable bonds is 3. The maximum Gasteiger partial charge on any atom is 0.334 e. The van der Waals surface area contributed by atoms with Crippen molar-refractivity contribution in [3.63, 3.8) is 0 Å². The van der Waals surface area contributed by atoms with Crippen LogP contribution in [-0.2, 0) is 11.3 Å². The number of benzene rings is 1. The Morgan fingerprint density at radius 1 is 1.33 bits per heavy atom. The van der Waals surface area contributed by atoms with Gasteiger partial charge >= 0.3 is 5.97 Å². The average molecular weight is 205 g/mol. The smallest absolute Gasteiger partial charge is 0.334 e. The lowest BCUT2D eigenvalue weighted by atomic mass is 10.2. The summed E-state index contributed by atoms with van der Waals surface area (Å²) < 4.78 is 1.73. The highest BCUT2D eigenvalue weighted by Gasteiger charge is 2.14. The molecule has 2 aromatic rings. The van der Waals surface area contributed by atoms with Gasteiger partial charge in [0.05, 0.1) is 6.54 Å². The molecule has 0 aliphatic rings. The zero-order chi connectivity index (χ0) is 10.8. The molecule has 2 N–H and O–H groups in total. The lowest BCUT2D eigenvalue weighted by Crippen LogP contribution is -2.24. The van der Waals surface area contributed by atoms with Gasteiger partial charge in [0.25, 0.3) is 0 Å². The molecule has 0 spiro atoms. The average Bonchev–Trinajstić information content (AvgIpc) is 2.62. The van der Waals surface area contributed by atoms with Gasteiger partial charge in [0.2, 0.25) is 0 Å². The molecule has 1 heterocycles. The number of aliphatic hydroxyl groups is 1. The molecular formula is C11H11NO3. The van der Waals surface area contributed by atoms with Crippen LogP contribution < -0.4 is 0 Å². The predicted molar refractivity (Wildman–Crippen MR) is 55.6 cm³/mol. The summed E-state index contributed by atoms with van der Waals surface area (Å²) in [6.45, 7) is 0.0723. The van der Waals surface area contributed by atoms with Crippen LogP contribution in [0.5, 0.6) is 0 Å². The number of nitrogens with zero attached hydrogens (tertiary/aromatic N) is 1. The molecule has 15 heavy (non-hydrogen) atoms. The molecule has 78 valence electrons. The first-order chi connectivity index (χ1) is 7.18. The van der Waals surface area contributed by atoms with E-state index in [-0.39, 0.29) is 6.54 Å². The zero-order valence-electron chi connectivity index (χ0n) is 8.00. The first-order valence-corrected chi connectivity index (χ1v) is 4.63. The summed E-state index contributed by atoms with van der Waals surface area (Å²) in [5.41, 5.74) is 0.929. The van der Waals surface area contributed by atoms with Crippen molar-refractivity contribution >= 4 is 16.9 Å². The number of carboxylic acid groups (broad SMARTS) is 1. The van der Waals surface area contributed by atoms with E-state index in [2.05, 4.69) is 0 Å². The molecule has 0 saturated carbocycles. The summed E-state index contributed by atoms with van der Waals surface area (Å²) in [4.78, 5) is 10.5. The third kappa shape index (κ3) is 1.85. The van der Waals surface area contributed by atoms with E-state index in [1.807, 2.05) is 30.3 Å². The second-order valence-electron chi connectivity index (χ2n) is 3.38. The molecule has 0 aliphatic carbocycles. The van der Waals surface area contributed by atoms with Crippen LogP contribution in [0.1, 0.15) is 0 Å². The van der Waals surface area contributed by atoms with E-state index in [1.54, 1.807) is 10.8 Å². The van der Waals surface area contributed by atoms with Gasteiger partial charge in [-0.1, -0.05) is 18.2 Å². The standard InChI is InChI=1S/C11H11NO3/c13-10(11(14)15)7-12-6-5-8-3-1-2-4-9(8)12/h1-6,10,13H,7H2,(H,14,15)/t10-/m1/s1.